The fraction of sp³-hybridized carbons (Fsp3) is 0.400. The van der Waals surface area contributed by atoms with Crippen molar-refractivity contribution in [1.29, 1.82) is 5.26 Å². The molecule has 4 atom stereocenters. The molecule has 0 radical (unpaired) electrons. The predicted octanol–water partition coefficient (Wildman–Crippen LogP) is 5.93. The van der Waals surface area contributed by atoms with Gasteiger partial charge in [-0.05, 0) is 92.3 Å². The molecule has 258 valence electrons. The van der Waals surface area contributed by atoms with Crippen LogP contribution in [0.4, 0.5) is 22.0 Å². The summed E-state index contributed by atoms with van der Waals surface area (Å²) in [6.07, 6.45) is -4.02. The van der Waals surface area contributed by atoms with Gasteiger partial charge in [0.05, 0.1) is 28.5 Å². The summed E-state index contributed by atoms with van der Waals surface area (Å²) < 4.78 is 102. The first-order valence-electron chi connectivity index (χ1n) is 15.8. The lowest BCUT2D eigenvalue weighted by Crippen LogP contribution is -2.55. The second-order valence-corrected chi connectivity index (χ2v) is 14.9. The monoisotopic (exact) mass is 701 g/mol. The Morgan fingerprint density at radius 3 is 2.51 bits per heavy atom. The molecule has 3 aromatic carbocycles. The maximum absolute atomic E-state index is 14.7. The Morgan fingerprint density at radius 2 is 1.82 bits per heavy atom. The third-order valence-corrected chi connectivity index (χ3v) is 12.4. The molecule has 0 saturated carbocycles. The van der Waals surface area contributed by atoms with Crippen LogP contribution in [0.15, 0.2) is 65.6 Å². The van der Waals surface area contributed by atoms with Crippen molar-refractivity contribution in [2.24, 2.45) is 5.92 Å². The largest absolute Gasteiger partial charge is 0.489 e. The molecule has 3 aliphatic rings. The van der Waals surface area contributed by atoms with Crippen LogP contribution in [-0.4, -0.2) is 55.2 Å². The zero-order valence-electron chi connectivity index (χ0n) is 26.3. The van der Waals surface area contributed by atoms with Gasteiger partial charge in [0.25, 0.3) is 0 Å². The van der Waals surface area contributed by atoms with Crippen LogP contribution < -0.4 is 4.74 Å². The molecule has 1 aliphatic carbocycles. The summed E-state index contributed by atoms with van der Waals surface area (Å²) in [5.41, 5.74) is -0.941. The summed E-state index contributed by atoms with van der Waals surface area (Å²) >= 11 is 0. The van der Waals surface area contributed by atoms with Crippen LogP contribution in [-0.2, 0) is 43.4 Å². The van der Waals surface area contributed by atoms with E-state index in [0.29, 0.717) is 11.1 Å². The Balaban J connectivity index is 1.37. The summed E-state index contributed by atoms with van der Waals surface area (Å²) in [4.78, 5) is 29.6. The smallest absolute Gasteiger partial charge is 0.416 e. The van der Waals surface area contributed by atoms with Crippen LogP contribution in [0.1, 0.15) is 54.9 Å². The van der Waals surface area contributed by atoms with Crippen LogP contribution in [0.2, 0.25) is 0 Å². The molecule has 2 amide bonds. The third-order valence-electron chi connectivity index (χ3n) is 9.86. The van der Waals surface area contributed by atoms with Gasteiger partial charge in [-0.25, -0.2) is 17.2 Å². The first-order chi connectivity index (χ1) is 23.2. The molecule has 3 aromatic rings. The fourth-order valence-electron chi connectivity index (χ4n) is 7.55. The molecule has 0 spiro atoms. The van der Waals surface area contributed by atoms with E-state index in [0.717, 1.165) is 30.3 Å². The van der Waals surface area contributed by atoms with Gasteiger partial charge in [-0.1, -0.05) is 12.1 Å². The molecule has 2 aliphatic heterocycles. The van der Waals surface area contributed by atoms with E-state index in [1.54, 1.807) is 6.92 Å². The van der Waals surface area contributed by atoms with Crippen molar-refractivity contribution in [3.05, 3.63) is 94.6 Å². The highest BCUT2D eigenvalue weighted by Gasteiger charge is 2.61. The number of nitriles is 1. The number of hydrogen-bond acceptors (Lipinski definition) is 6. The molecular weight excluding hydrogens is 669 g/mol. The second-order valence-electron chi connectivity index (χ2n) is 12.7. The normalized spacial score (nSPS) is 22.8. The number of likely N-dealkylation sites (tertiary alicyclic amines) is 2. The van der Waals surface area contributed by atoms with Gasteiger partial charge < -0.3 is 14.5 Å². The van der Waals surface area contributed by atoms with Crippen molar-refractivity contribution in [3.63, 3.8) is 0 Å². The van der Waals surface area contributed by atoms with Crippen molar-refractivity contribution in [2.45, 2.75) is 73.5 Å². The number of rotatable bonds is 8. The maximum atomic E-state index is 14.7. The average molecular weight is 702 g/mol. The molecule has 2 heterocycles. The Labute approximate surface area is 280 Å². The van der Waals surface area contributed by atoms with Gasteiger partial charge in [0.2, 0.25) is 11.8 Å². The lowest BCUT2D eigenvalue weighted by molar-refractivity contribution is -0.142. The van der Waals surface area contributed by atoms with E-state index < -0.39 is 74.0 Å². The van der Waals surface area contributed by atoms with E-state index in [1.165, 1.54) is 40.1 Å². The van der Waals surface area contributed by atoms with E-state index in [1.807, 2.05) is 0 Å². The highest BCUT2D eigenvalue weighted by molar-refractivity contribution is 7.92. The fourth-order valence-corrected chi connectivity index (χ4v) is 9.92. The Hall–Kier alpha value is -4.51. The molecule has 2 saturated heterocycles. The summed E-state index contributed by atoms with van der Waals surface area (Å²) in [6, 6.07) is 11.8. The lowest BCUT2D eigenvalue weighted by Gasteiger charge is -2.43. The zero-order chi connectivity index (χ0) is 35.3. The van der Waals surface area contributed by atoms with Crippen molar-refractivity contribution in [2.75, 3.05) is 13.1 Å². The Kier molecular flexibility index (Phi) is 8.94. The third kappa shape index (κ3) is 5.92. The first-order valence-corrected chi connectivity index (χ1v) is 17.3. The highest BCUT2D eigenvalue weighted by Crippen LogP contribution is 2.53. The van der Waals surface area contributed by atoms with Gasteiger partial charge in [0.15, 0.2) is 9.84 Å². The average Bonchev–Trinajstić information content (AvgIpc) is 3.65. The van der Waals surface area contributed by atoms with Gasteiger partial charge in [-0.15, -0.1) is 0 Å². The molecule has 1 unspecified atom stereocenters. The predicted molar refractivity (Wildman–Crippen MR) is 165 cm³/mol. The number of carbonyl (C=O) groups excluding carboxylic acids is 2. The number of ether oxygens (including phenoxy) is 1. The quantitative estimate of drug-likeness (QED) is 0.213. The number of sulfone groups is 1. The first kappa shape index (κ1) is 34.4. The zero-order valence-corrected chi connectivity index (χ0v) is 27.2. The van der Waals surface area contributed by atoms with Crippen LogP contribution >= 0.6 is 0 Å². The molecule has 8 nitrogen and oxygen atoms in total. The minimum absolute atomic E-state index is 0.0181. The summed E-state index contributed by atoms with van der Waals surface area (Å²) in [6.45, 7) is 1.02. The van der Waals surface area contributed by atoms with Crippen molar-refractivity contribution in [3.8, 4) is 11.8 Å². The number of nitrogens with zero attached hydrogens (tertiary/aromatic N) is 3. The summed E-state index contributed by atoms with van der Waals surface area (Å²) in [5.74, 6) is -2.82. The van der Waals surface area contributed by atoms with Gasteiger partial charge >= 0.3 is 6.18 Å². The van der Waals surface area contributed by atoms with Gasteiger partial charge in [0, 0.05) is 25.1 Å². The van der Waals surface area contributed by atoms with Crippen LogP contribution in [0.25, 0.3) is 0 Å². The van der Waals surface area contributed by atoms with Crippen LogP contribution in [0.3, 0.4) is 0 Å². The topological polar surface area (TPSA) is 108 Å². The van der Waals surface area contributed by atoms with Crippen molar-refractivity contribution < 1.29 is 44.7 Å². The SMILES string of the molecule is CC(C#N)CN1C(=O)CC[C@H]1C(=O)N1CC[C@@]2(S(=O)(=O)c3ccc(F)cc3)c3ccc(OCc4c(F)cccc4C(F)(F)F)cc3CC[C@@H]12. The summed E-state index contributed by atoms with van der Waals surface area (Å²) in [7, 11) is -4.32. The number of halogens is 5. The van der Waals surface area contributed by atoms with Crippen LogP contribution in [0, 0.1) is 28.9 Å². The number of carbonyl (C=O) groups is 2. The van der Waals surface area contributed by atoms with Crippen molar-refractivity contribution >= 4 is 21.7 Å². The van der Waals surface area contributed by atoms with Crippen LogP contribution in [0.5, 0.6) is 5.75 Å². The highest BCUT2D eigenvalue weighted by atomic mass is 32.2. The number of benzene rings is 3. The van der Waals surface area contributed by atoms with E-state index in [-0.39, 0.29) is 61.7 Å². The van der Waals surface area contributed by atoms with E-state index in [2.05, 4.69) is 6.07 Å². The number of amides is 2. The van der Waals surface area contributed by atoms with E-state index >= 15 is 0 Å². The Morgan fingerprint density at radius 1 is 1.08 bits per heavy atom. The lowest BCUT2D eigenvalue weighted by atomic mass is 9.78. The Bertz CT molecular complexity index is 1950. The van der Waals surface area contributed by atoms with Crippen molar-refractivity contribution in [1.82, 2.24) is 9.80 Å². The number of alkyl halides is 3. The molecule has 6 rings (SSSR count). The minimum Gasteiger partial charge on any atom is -0.489 e. The molecule has 49 heavy (non-hydrogen) atoms. The number of fused-ring (bicyclic) bond motifs is 3. The standard InChI is InChI=1S/C35H32F5N3O5S/c1-21(18-41)19-43-30(12-14-32(43)44)33(45)42-16-15-34(49(46,47)25-9-6-23(36)7-10-25)27-11-8-24(17-22(27)5-13-31(34)42)48-20-26-28(35(38,39)40)3-2-4-29(26)37/h2-4,6-11,17,21,30-31H,5,12-16,19-20H2,1H3/t21?,30-,31+,34+/m0/s1. The van der Waals surface area contributed by atoms with E-state index in [4.69, 9.17) is 4.74 Å². The number of aryl methyl sites for hydroxylation is 1. The molecule has 14 heteroatoms. The molecular formula is C35H32F5N3O5S. The molecule has 0 aromatic heterocycles. The van der Waals surface area contributed by atoms with Gasteiger partial charge in [-0.2, -0.15) is 18.4 Å². The van der Waals surface area contributed by atoms with E-state index in [9.17, 15) is 45.2 Å². The molecule has 0 N–H and O–H groups in total. The maximum Gasteiger partial charge on any atom is 0.416 e. The molecule has 2 fully saturated rings. The molecule has 0 bridgehead atoms. The van der Waals surface area contributed by atoms with Gasteiger partial charge in [-0.3, -0.25) is 9.59 Å². The number of hydrogen-bond donors (Lipinski definition) is 0. The second kappa shape index (κ2) is 12.7. The van der Waals surface area contributed by atoms with Gasteiger partial charge in [0.1, 0.15) is 34.8 Å². The summed E-state index contributed by atoms with van der Waals surface area (Å²) in [5, 5.41) is 9.34. The minimum atomic E-state index is -4.81.